The van der Waals surface area contributed by atoms with Crippen LogP contribution in [0.15, 0.2) is 66.4 Å². The number of allylic oxidation sites excluding steroid dienone is 2. The summed E-state index contributed by atoms with van der Waals surface area (Å²) >= 11 is 0. The molecule has 0 fully saturated rings. The van der Waals surface area contributed by atoms with Crippen molar-refractivity contribution in [2.75, 3.05) is 0 Å². The van der Waals surface area contributed by atoms with E-state index in [1.165, 1.54) is 6.08 Å². The maximum absolute atomic E-state index is 12.0. The lowest BCUT2D eigenvalue weighted by atomic mass is 10.0. The van der Waals surface area contributed by atoms with Crippen molar-refractivity contribution in [1.29, 1.82) is 0 Å². The molecular weight excluding hydrogens is 264 g/mol. The summed E-state index contributed by atoms with van der Waals surface area (Å²) in [5.41, 5.74) is 2.62. The van der Waals surface area contributed by atoms with Crippen LogP contribution in [0.3, 0.4) is 0 Å². The Morgan fingerprint density at radius 2 is 1.52 bits per heavy atom. The monoisotopic (exact) mass is 278 g/mol. The highest BCUT2D eigenvalue weighted by molar-refractivity contribution is 5.95. The summed E-state index contributed by atoms with van der Waals surface area (Å²) in [5.74, 6) is 0.0462. The van der Waals surface area contributed by atoms with Gasteiger partial charge in [0.05, 0.1) is 5.56 Å². The fourth-order valence-corrected chi connectivity index (χ4v) is 2.26. The summed E-state index contributed by atoms with van der Waals surface area (Å²) in [6.45, 7) is 0. The summed E-state index contributed by atoms with van der Waals surface area (Å²) in [5, 5.41) is 0. The zero-order valence-electron chi connectivity index (χ0n) is 11.4. The molecule has 3 heteroatoms. The van der Waals surface area contributed by atoms with Crippen molar-refractivity contribution in [2.45, 2.75) is 12.8 Å². The average molecular weight is 278 g/mol. The average Bonchev–Trinajstić information content (AvgIpc) is 2.93. The van der Waals surface area contributed by atoms with E-state index >= 15 is 0 Å². The standard InChI is InChI=1S/C18H14O3/c19-16-10-11-17(12-16)21-18(20)15-8-6-14(7-9-15)13-4-2-1-3-5-13/h1-9,12H,10-11H2. The van der Waals surface area contributed by atoms with Crippen molar-refractivity contribution in [3.05, 3.63) is 72.0 Å². The van der Waals surface area contributed by atoms with Gasteiger partial charge in [-0.25, -0.2) is 4.79 Å². The molecule has 2 aromatic rings. The van der Waals surface area contributed by atoms with Gasteiger partial charge in [-0.3, -0.25) is 4.79 Å². The molecule has 0 amide bonds. The normalized spacial score (nSPS) is 13.9. The molecule has 1 aliphatic carbocycles. The summed E-state index contributed by atoms with van der Waals surface area (Å²) < 4.78 is 5.21. The molecular formula is C18H14O3. The Labute approximate surface area is 122 Å². The van der Waals surface area contributed by atoms with E-state index in [1.807, 2.05) is 42.5 Å². The molecule has 3 nitrogen and oxygen atoms in total. The number of benzene rings is 2. The van der Waals surface area contributed by atoms with E-state index in [-0.39, 0.29) is 5.78 Å². The number of esters is 1. The zero-order chi connectivity index (χ0) is 14.7. The molecule has 0 radical (unpaired) electrons. The van der Waals surface area contributed by atoms with E-state index in [0.717, 1.165) is 11.1 Å². The third-order valence-corrected chi connectivity index (χ3v) is 3.39. The van der Waals surface area contributed by atoms with E-state index in [9.17, 15) is 9.59 Å². The molecule has 0 saturated heterocycles. The number of hydrogen-bond acceptors (Lipinski definition) is 3. The van der Waals surface area contributed by atoms with Crippen LogP contribution in [0.5, 0.6) is 0 Å². The van der Waals surface area contributed by atoms with Crippen molar-refractivity contribution in [3.63, 3.8) is 0 Å². The van der Waals surface area contributed by atoms with Crippen LogP contribution in [0.2, 0.25) is 0 Å². The molecule has 2 aromatic carbocycles. The molecule has 0 unspecified atom stereocenters. The number of carbonyl (C=O) groups excluding carboxylic acids is 2. The van der Waals surface area contributed by atoms with Crippen LogP contribution in [0, 0.1) is 0 Å². The van der Waals surface area contributed by atoms with E-state index in [1.54, 1.807) is 12.1 Å². The third-order valence-electron chi connectivity index (χ3n) is 3.39. The van der Waals surface area contributed by atoms with Gasteiger partial charge in [-0.05, 0) is 23.3 Å². The van der Waals surface area contributed by atoms with Crippen molar-refractivity contribution in [1.82, 2.24) is 0 Å². The van der Waals surface area contributed by atoms with Gasteiger partial charge in [0.1, 0.15) is 5.76 Å². The molecule has 3 rings (SSSR count). The van der Waals surface area contributed by atoms with Gasteiger partial charge < -0.3 is 4.74 Å². The van der Waals surface area contributed by atoms with Crippen molar-refractivity contribution in [3.8, 4) is 11.1 Å². The number of ether oxygens (including phenoxy) is 1. The highest BCUT2D eigenvalue weighted by Gasteiger charge is 2.17. The van der Waals surface area contributed by atoms with Crippen LogP contribution in [0.4, 0.5) is 0 Å². The molecule has 0 saturated carbocycles. The number of carbonyl (C=O) groups is 2. The van der Waals surface area contributed by atoms with Crippen LogP contribution >= 0.6 is 0 Å². The molecule has 0 aliphatic heterocycles. The largest absolute Gasteiger partial charge is 0.427 e. The quantitative estimate of drug-likeness (QED) is 0.803. The van der Waals surface area contributed by atoms with Crippen LogP contribution in [-0.4, -0.2) is 11.8 Å². The van der Waals surface area contributed by atoms with Gasteiger partial charge in [0.15, 0.2) is 5.78 Å². The minimum absolute atomic E-state index is 0.0113. The molecule has 21 heavy (non-hydrogen) atoms. The van der Waals surface area contributed by atoms with E-state index < -0.39 is 5.97 Å². The Morgan fingerprint density at radius 1 is 0.857 bits per heavy atom. The predicted octanol–water partition coefficient (Wildman–Crippen LogP) is 3.76. The fraction of sp³-hybridized carbons (Fsp3) is 0.111. The summed E-state index contributed by atoms with van der Waals surface area (Å²) in [7, 11) is 0. The van der Waals surface area contributed by atoms with E-state index in [0.29, 0.717) is 24.2 Å². The number of rotatable bonds is 3. The van der Waals surface area contributed by atoms with Gasteiger partial charge in [-0.15, -0.1) is 0 Å². The highest BCUT2D eigenvalue weighted by atomic mass is 16.5. The van der Waals surface area contributed by atoms with Gasteiger partial charge >= 0.3 is 5.97 Å². The maximum atomic E-state index is 12.0. The molecule has 0 aromatic heterocycles. The molecule has 104 valence electrons. The lowest BCUT2D eigenvalue weighted by Gasteiger charge is -2.06. The van der Waals surface area contributed by atoms with Gasteiger partial charge in [0.25, 0.3) is 0 Å². The van der Waals surface area contributed by atoms with Crippen LogP contribution in [-0.2, 0) is 9.53 Å². The minimum atomic E-state index is -0.421. The Hall–Kier alpha value is -2.68. The Morgan fingerprint density at radius 3 is 2.14 bits per heavy atom. The van der Waals surface area contributed by atoms with Gasteiger partial charge in [0, 0.05) is 18.9 Å². The summed E-state index contributed by atoms with van der Waals surface area (Å²) in [6, 6.07) is 17.2. The topological polar surface area (TPSA) is 43.4 Å². The molecule has 1 aliphatic rings. The first-order chi connectivity index (χ1) is 10.2. The van der Waals surface area contributed by atoms with Gasteiger partial charge in [-0.1, -0.05) is 42.5 Å². The first-order valence-corrected chi connectivity index (χ1v) is 6.83. The van der Waals surface area contributed by atoms with Crippen molar-refractivity contribution in [2.24, 2.45) is 0 Å². The Kier molecular flexibility index (Phi) is 3.65. The minimum Gasteiger partial charge on any atom is -0.427 e. The summed E-state index contributed by atoms with van der Waals surface area (Å²) in [6.07, 6.45) is 2.33. The first-order valence-electron chi connectivity index (χ1n) is 6.83. The van der Waals surface area contributed by atoms with Gasteiger partial charge in [-0.2, -0.15) is 0 Å². The second kappa shape index (κ2) is 5.75. The second-order valence-electron chi connectivity index (χ2n) is 4.91. The lowest BCUT2D eigenvalue weighted by Crippen LogP contribution is -2.03. The predicted molar refractivity (Wildman–Crippen MR) is 79.6 cm³/mol. The zero-order valence-corrected chi connectivity index (χ0v) is 11.4. The van der Waals surface area contributed by atoms with Gasteiger partial charge in [0.2, 0.25) is 0 Å². The Balaban J connectivity index is 1.74. The van der Waals surface area contributed by atoms with Crippen molar-refractivity contribution < 1.29 is 14.3 Å². The second-order valence-corrected chi connectivity index (χ2v) is 4.91. The van der Waals surface area contributed by atoms with Crippen LogP contribution < -0.4 is 0 Å². The van der Waals surface area contributed by atoms with E-state index in [2.05, 4.69) is 0 Å². The smallest absolute Gasteiger partial charge is 0.343 e. The number of ketones is 1. The third kappa shape index (κ3) is 3.08. The molecule has 0 N–H and O–H groups in total. The molecule has 0 atom stereocenters. The van der Waals surface area contributed by atoms with Crippen molar-refractivity contribution >= 4 is 11.8 Å². The first kappa shape index (κ1) is 13.3. The SMILES string of the molecule is O=C1C=C(OC(=O)c2ccc(-c3ccccc3)cc2)CC1. The highest BCUT2D eigenvalue weighted by Crippen LogP contribution is 2.21. The number of hydrogen-bond donors (Lipinski definition) is 0. The molecule has 0 spiro atoms. The fourth-order valence-electron chi connectivity index (χ4n) is 2.26. The lowest BCUT2D eigenvalue weighted by molar-refractivity contribution is -0.114. The summed E-state index contributed by atoms with van der Waals surface area (Å²) in [4.78, 5) is 23.1. The Bertz CT molecular complexity index is 697. The van der Waals surface area contributed by atoms with Crippen LogP contribution in [0.25, 0.3) is 11.1 Å². The molecule has 0 bridgehead atoms. The molecule has 0 heterocycles. The van der Waals surface area contributed by atoms with Crippen LogP contribution in [0.1, 0.15) is 23.2 Å². The van der Waals surface area contributed by atoms with E-state index in [4.69, 9.17) is 4.74 Å². The maximum Gasteiger partial charge on any atom is 0.343 e.